The van der Waals surface area contributed by atoms with Crippen LogP contribution in [0.15, 0.2) is 109 Å². The number of aliphatic hydroxyl groups is 1. The van der Waals surface area contributed by atoms with E-state index in [0.29, 0.717) is 17.9 Å². The fraction of sp³-hybridized carbons (Fsp3) is 0.270. The first-order valence-electron chi connectivity index (χ1n) is 14.9. The first-order valence-corrected chi connectivity index (χ1v) is 14.9. The summed E-state index contributed by atoms with van der Waals surface area (Å²) >= 11 is 0. The van der Waals surface area contributed by atoms with Gasteiger partial charge in [0.15, 0.2) is 0 Å². The molecule has 0 saturated carbocycles. The van der Waals surface area contributed by atoms with Crippen molar-refractivity contribution in [1.82, 2.24) is 4.90 Å². The maximum atomic E-state index is 12.6. The van der Waals surface area contributed by atoms with Crippen molar-refractivity contribution in [2.45, 2.75) is 38.7 Å². The summed E-state index contributed by atoms with van der Waals surface area (Å²) in [6, 6.07) is 35.2. The number of hydrogen-bond donors (Lipinski definition) is 1. The molecular formula is C37H39NO4. The average Bonchev–Trinajstić information content (AvgIpc) is 3.05. The van der Waals surface area contributed by atoms with E-state index >= 15 is 0 Å². The second kappa shape index (κ2) is 14.6. The van der Waals surface area contributed by atoms with E-state index in [1.165, 1.54) is 24.8 Å². The van der Waals surface area contributed by atoms with Crippen molar-refractivity contribution in [2.75, 3.05) is 26.2 Å². The summed E-state index contributed by atoms with van der Waals surface area (Å²) in [6.07, 6.45) is 4.01. The number of carbonyl (C=O) groups excluding carboxylic acids is 1. The first kappa shape index (κ1) is 29.3. The van der Waals surface area contributed by atoms with Gasteiger partial charge in [-0.05, 0) is 96.6 Å². The Morgan fingerprint density at radius 1 is 0.714 bits per heavy atom. The van der Waals surface area contributed by atoms with Crippen LogP contribution in [-0.2, 0) is 0 Å². The molecule has 216 valence electrons. The molecule has 4 aromatic rings. The molecule has 0 radical (unpaired) electrons. The lowest BCUT2D eigenvalue weighted by molar-refractivity contribution is 0.0617. The molecule has 1 saturated heterocycles. The topological polar surface area (TPSA) is 59.0 Å². The maximum Gasteiger partial charge on any atom is 0.343 e. The Bertz CT molecular complexity index is 1440. The largest absolute Gasteiger partial charge is 0.491 e. The third-order valence-corrected chi connectivity index (χ3v) is 7.64. The Kier molecular flexibility index (Phi) is 10.2. The van der Waals surface area contributed by atoms with Crippen molar-refractivity contribution in [3.63, 3.8) is 0 Å². The number of ether oxygens (including phenoxy) is 2. The van der Waals surface area contributed by atoms with Crippen LogP contribution in [0.25, 0.3) is 11.1 Å². The minimum Gasteiger partial charge on any atom is -0.491 e. The van der Waals surface area contributed by atoms with Gasteiger partial charge in [0.1, 0.15) is 24.2 Å². The molecule has 1 aliphatic rings. The van der Waals surface area contributed by atoms with Gasteiger partial charge in [-0.2, -0.15) is 0 Å². The van der Waals surface area contributed by atoms with E-state index < -0.39 is 6.10 Å². The SMILES string of the molecule is CC/C(=C(/c1ccc(OCC(O)CN2CCCCC2)cc1)c1ccc(OC(=O)c2ccccc2)cc1)c1ccccc1. The number of rotatable bonds is 11. The molecule has 1 heterocycles. The van der Waals surface area contributed by atoms with Gasteiger partial charge in [-0.1, -0.05) is 86.1 Å². The molecule has 42 heavy (non-hydrogen) atoms. The second-order valence-electron chi connectivity index (χ2n) is 10.7. The van der Waals surface area contributed by atoms with E-state index in [4.69, 9.17) is 9.47 Å². The summed E-state index contributed by atoms with van der Waals surface area (Å²) in [4.78, 5) is 14.9. The highest BCUT2D eigenvalue weighted by Crippen LogP contribution is 2.35. The smallest absolute Gasteiger partial charge is 0.343 e. The summed E-state index contributed by atoms with van der Waals surface area (Å²) in [7, 11) is 0. The molecule has 5 nitrogen and oxygen atoms in total. The van der Waals surface area contributed by atoms with Gasteiger partial charge in [0, 0.05) is 6.54 Å². The minimum absolute atomic E-state index is 0.270. The zero-order chi connectivity index (χ0) is 29.1. The molecule has 0 aromatic heterocycles. The van der Waals surface area contributed by atoms with Crippen LogP contribution in [0, 0.1) is 0 Å². The molecule has 0 spiro atoms. The molecule has 1 atom stereocenters. The van der Waals surface area contributed by atoms with Crippen LogP contribution in [0.3, 0.4) is 0 Å². The normalized spacial score (nSPS) is 15.0. The lowest BCUT2D eigenvalue weighted by atomic mass is 9.88. The van der Waals surface area contributed by atoms with Gasteiger partial charge < -0.3 is 19.5 Å². The molecule has 4 aromatic carbocycles. The number of carbonyl (C=O) groups is 1. The number of β-amino-alcohol motifs (C(OH)–C–C–N with tert-alkyl or cyclic N) is 1. The number of allylic oxidation sites excluding steroid dienone is 1. The molecule has 0 amide bonds. The monoisotopic (exact) mass is 561 g/mol. The van der Waals surface area contributed by atoms with Crippen LogP contribution >= 0.6 is 0 Å². The Balaban J connectivity index is 1.36. The summed E-state index contributed by atoms with van der Waals surface area (Å²) in [5.41, 5.74) is 6.10. The number of esters is 1. The van der Waals surface area contributed by atoms with E-state index in [-0.39, 0.29) is 12.6 Å². The first-order chi connectivity index (χ1) is 20.6. The van der Waals surface area contributed by atoms with Crippen molar-refractivity contribution in [3.8, 4) is 11.5 Å². The Morgan fingerprint density at radius 3 is 1.83 bits per heavy atom. The number of piperidine rings is 1. The van der Waals surface area contributed by atoms with Gasteiger partial charge in [-0.3, -0.25) is 0 Å². The average molecular weight is 562 g/mol. The quantitative estimate of drug-likeness (QED) is 0.117. The van der Waals surface area contributed by atoms with Crippen LogP contribution in [0.1, 0.15) is 59.7 Å². The molecule has 0 bridgehead atoms. The predicted molar refractivity (Wildman–Crippen MR) is 169 cm³/mol. The van der Waals surface area contributed by atoms with E-state index in [1.807, 2.05) is 60.7 Å². The van der Waals surface area contributed by atoms with Crippen LogP contribution < -0.4 is 9.47 Å². The van der Waals surface area contributed by atoms with Crippen LogP contribution in [0.4, 0.5) is 0 Å². The van der Waals surface area contributed by atoms with Crippen molar-refractivity contribution in [1.29, 1.82) is 0 Å². The van der Waals surface area contributed by atoms with E-state index in [0.717, 1.165) is 47.5 Å². The van der Waals surface area contributed by atoms with Crippen LogP contribution in [-0.4, -0.2) is 48.3 Å². The predicted octanol–water partition coefficient (Wildman–Crippen LogP) is 7.50. The summed E-state index contributed by atoms with van der Waals surface area (Å²) < 4.78 is 11.6. The summed E-state index contributed by atoms with van der Waals surface area (Å²) in [5.74, 6) is 0.850. The third kappa shape index (κ3) is 7.75. The molecular weight excluding hydrogens is 522 g/mol. The van der Waals surface area contributed by atoms with Crippen LogP contribution in [0.2, 0.25) is 0 Å². The standard InChI is InChI=1S/C37H39NO4/c1-2-35(28-12-6-3-7-13-28)36(30-18-22-34(23-19-30)42-37(40)31-14-8-4-9-15-31)29-16-20-33(21-17-29)41-27-32(39)26-38-24-10-5-11-25-38/h3-4,6-9,12-23,32,39H,2,5,10-11,24-27H2,1H3/b36-35+. The Morgan fingerprint density at radius 2 is 1.26 bits per heavy atom. The number of aliphatic hydroxyl groups excluding tert-OH is 1. The van der Waals surface area contributed by atoms with E-state index in [2.05, 4.69) is 48.2 Å². The van der Waals surface area contributed by atoms with Crippen molar-refractivity contribution in [3.05, 3.63) is 131 Å². The lowest BCUT2D eigenvalue weighted by Gasteiger charge is -2.28. The lowest BCUT2D eigenvalue weighted by Crippen LogP contribution is -2.38. The fourth-order valence-electron chi connectivity index (χ4n) is 5.51. The zero-order valence-corrected chi connectivity index (χ0v) is 24.2. The van der Waals surface area contributed by atoms with Gasteiger partial charge in [-0.25, -0.2) is 4.79 Å². The number of benzene rings is 4. The van der Waals surface area contributed by atoms with Gasteiger partial charge in [-0.15, -0.1) is 0 Å². The molecule has 1 unspecified atom stereocenters. The van der Waals surface area contributed by atoms with E-state index in [1.54, 1.807) is 12.1 Å². The fourth-order valence-corrected chi connectivity index (χ4v) is 5.51. The van der Waals surface area contributed by atoms with Crippen molar-refractivity contribution >= 4 is 17.1 Å². The van der Waals surface area contributed by atoms with Gasteiger partial charge >= 0.3 is 5.97 Å². The highest BCUT2D eigenvalue weighted by atomic mass is 16.5. The summed E-state index contributed by atoms with van der Waals surface area (Å²) in [5, 5.41) is 10.5. The van der Waals surface area contributed by atoms with Gasteiger partial charge in [0.05, 0.1) is 5.56 Å². The molecule has 5 heteroatoms. The maximum absolute atomic E-state index is 12.6. The van der Waals surface area contributed by atoms with Crippen LogP contribution in [0.5, 0.6) is 11.5 Å². The minimum atomic E-state index is -0.516. The third-order valence-electron chi connectivity index (χ3n) is 7.64. The Labute approximate surface area is 249 Å². The molecule has 5 rings (SSSR count). The zero-order valence-electron chi connectivity index (χ0n) is 24.2. The highest BCUT2D eigenvalue weighted by molar-refractivity contribution is 5.98. The van der Waals surface area contributed by atoms with Crippen molar-refractivity contribution in [2.24, 2.45) is 0 Å². The van der Waals surface area contributed by atoms with E-state index in [9.17, 15) is 9.90 Å². The van der Waals surface area contributed by atoms with Gasteiger partial charge in [0.2, 0.25) is 0 Å². The second-order valence-corrected chi connectivity index (χ2v) is 10.7. The number of hydrogen-bond acceptors (Lipinski definition) is 5. The number of nitrogens with zero attached hydrogens (tertiary/aromatic N) is 1. The number of likely N-dealkylation sites (tertiary alicyclic amines) is 1. The highest BCUT2D eigenvalue weighted by Gasteiger charge is 2.17. The Hall–Kier alpha value is -4.19. The molecule has 1 fully saturated rings. The molecule has 1 aliphatic heterocycles. The molecule has 1 N–H and O–H groups in total. The van der Waals surface area contributed by atoms with Gasteiger partial charge in [0.25, 0.3) is 0 Å². The molecule has 0 aliphatic carbocycles. The van der Waals surface area contributed by atoms with Crippen molar-refractivity contribution < 1.29 is 19.4 Å². The summed E-state index contributed by atoms with van der Waals surface area (Å²) in [6.45, 7) is 5.20.